The molecule has 27 heavy (non-hydrogen) atoms. The highest BCUT2D eigenvalue weighted by Gasteiger charge is 2.09. The molecule has 0 atom stereocenters. The van der Waals surface area contributed by atoms with E-state index < -0.39 is 0 Å². The Hall–Kier alpha value is -3.74. The lowest BCUT2D eigenvalue weighted by Crippen LogP contribution is -2.14. The van der Waals surface area contributed by atoms with Crippen LogP contribution >= 0.6 is 0 Å². The van der Waals surface area contributed by atoms with Crippen LogP contribution in [0.4, 0.5) is 22.9 Å². The minimum Gasteiger partial charge on any atom is -0.339 e. The van der Waals surface area contributed by atoms with Crippen LogP contribution in [0.25, 0.3) is 0 Å². The molecule has 7 heteroatoms. The summed E-state index contributed by atoms with van der Waals surface area (Å²) in [5, 5.41) is 8.57. The van der Waals surface area contributed by atoms with Crippen molar-refractivity contribution in [2.24, 2.45) is 0 Å². The van der Waals surface area contributed by atoms with Gasteiger partial charge in [-0.1, -0.05) is 23.8 Å². The van der Waals surface area contributed by atoms with Gasteiger partial charge in [-0.2, -0.15) is 0 Å². The zero-order valence-electron chi connectivity index (χ0n) is 15.0. The van der Waals surface area contributed by atoms with Gasteiger partial charge in [0.15, 0.2) is 0 Å². The van der Waals surface area contributed by atoms with E-state index in [1.165, 1.54) is 19.3 Å². The molecule has 3 rings (SSSR count). The van der Waals surface area contributed by atoms with Crippen LogP contribution in [0.1, 0.15) is 23.0 Å². The summed E-state index contributed by atoms with van der Waals surface area (Å²) in [5.41, 5.74) is 3.45. The van der Waals surface area contributed by atoms with Gasteiger partial charge in [0.2, 0.25) is 5.91 Å². The van der Waals surface area contributed by atoms with Crippen LogP contribution in [0, 0.1) is 6.92 Å². The number of amides is 2. The topological polar surface area (TPSA) is 96.0 Å². The van der Waals surface area contributed by atoms with Crippen molar-refractivity contribution >= 4 is 34.7 Å². The Morgan fingerprint density at radius 3 is 2.26 bits per heavy atom. The van der Waals surface area contributed by atoms with E-state index in [1.807, 2.05) is 43.3 Å². The lowest BCUT2D eigenvalue weighted by molar-refractivity contribution is -0.114. The highest BCUT2D eigenvalue weighted by Crippen LogP contribution is 2.18. The number of aryl methyl sites for hydroxylation is 1. The first kappa shape index (κ1) is 18.1. The maximum Gasteiger partial charge on any atom is 0.275 e. The summed E-state index contributed by atoms with van der Waals surface area (Å²) >= 11 is 0. The molecule has 0 aliphatic rings. The molecule has 136 valence electrons. The van der Waals surface area contributed by atoms with Gasteiger partial charge >= 0.3 is 0 Å². The third kappa shape index (κ3) is 5.12. The maximum atomic E-state index is 12.2. The molecule has 0 radical (unpaired) electrons. The summed E-state index contributed by atoms with van der Waals surface area (Å²) in [6, 6.07) is 14.7. The molecule has 3 aromatic rings. The summed E-state index contributed by atoms with van der Waals surface area (Å²) in [5.74, 6) is 0.0169. The Morgan fingerprint density at radius 1 is 0.852 bits per heavy atom. The predicted molar refractivity (Wildman–Crippen MR) is 105 cm³/mol. The van der Waals surface area contributed by atoms with Crippen molar-refractivity contribution in [1.29, 1.82) is 0 Å². The minimum atomic E-state index is -0.328. The van der Waals surface area contributed by atoms with E-state index in [-0.39, 0.29) is 17.5 Å². The lowest BCUT2D eigenvalue weighted by atomic mass is 10.2. The fourth-order valence-electron chi connectivity index (χ4n) is 2.37. The second-order valence-corrected chi connectivity index (χ2v) is 5.99. The molecule has 0 bridgehead atoms. The summed E-state index contributed by atoms with van der Waals surface area (Å²) in [6.45, 7) is 3.43. The Balaban J connectivity index is 1.65. The summed E-state index contributed by atoms with van der Waals surface area (Å²) < 4.78 is 0. The number of anilines is 4. The number of benzene rings is 2. The highest BCUT2D eigenvalue weighted by molar-refractivity contribution is 6.02. The first-order valence-corrected chi connectivity index (χ1v) is 8.34. The molecule has 1 aromatic heterocycles. The monoisotopic (exact) mass is 361 g/mol. The fraction of sp³-hybridized carbons (Fsp3) is 0.100. The van der Waals surface area contributed by atoms with Gasteiger partial charge in [0.05, 0.1) is 12.4 Å². The second-order valence-electron chi connectivity index (χ2n) is 5.99. The molecule has 7 nitrogen and oxygen atoms in total. The molecule has 0 spiro atoms. The molecular weight excluding hydrogens is 342 g/mol. The molecular formula is C20H19N5O2. The Labute approximate surface area is 156 Å². The van der Waals surface area contributed by atoms with Gasteiger partial charge in [-0.15, -0.1) is 0 Å². The molecule has 0 fully saturated rings. The number of carbonyl (C=O) groups excluding carboxylic acids is 2. The van der Waals surface area contributed by atoms with Crippen molar-refractivity contribution in [2.75, 3.05) is 16.0 Å². The molecule has 2 aromatic carbocycles. The van der Waals surface area contributed by atoms with Crippen molar-refractivity contribution in [3.63, 3.8) is 0 Å². The van der Waals surface area contributed by atoms with Crippen molar-refractivity contribution in [1.82, 2.24) is 9.97 Å². The average Bonchev–Trinajstić information content (AvgIpc) is 2.64. The average molecular weight is 361 g/mol. The van der Waals surface area contributed by atoms with E-state index in [1.54, 1.807) is 12.1 Å². The summed E-state index contributed by atoms with van der Waals surface area (Å²) in [6.07, 6.45) is 2.89. The summed E-state index contributed by atoms with van der Waals surface area (Å²) in [4.78, 5) is 31.8. The normalized spacial score (nSPS) is 10.1. The molecule has 0 aliphatic carbocycles. The van der Waals surface area contributed by atoms with Crippen LogP contribution in [0.5, 0.6) is 0 Å². The van der Waals surface area contributed by atoms with Gasteiger partial charge in [0.1, 0.15) is 11.5 Å². The number of carbonyl (C=O) groups is 2. The molecule has 2 amide bonds. The standard InChI is InChI=1S/C20H19N5O2/c1-13-6-8-15(9-7-13)25-20(27)18-11-22-19(12-21-18)24-17-5-3-4-16(10-17)23-14(2)26/h3-12H,1-2H3,(H,22,24)(H,23,26)(H,25,27). The zero-order chi connectivity index (χ0) is 19.2. The van der Waals surface area contributed by atoms with Crippen LogP contribution < -0.4 is 16.0 Å². The number of nitrogens with zero attached hydrogens (tertiary/aromatic N) is 2. The van der Waals surface area contributed by atoms with Crippen molar-refractivity contribution in [3.05, 3.63) is 72.2 Å². The third-order valence-corrected chi connectivity index (χ3v) is 3.65. The smallest absolute Gasteiger partial charge is 0.275 e. The SMILES string of the molecule is CC(=O)Nc1cccc(Nc2cnc(C(=O)Nc3ccc(C)cc3)cn2)c1. The first-order chi connectivity index (χ1) is 13.0. The van der Waals surface area contributed by atoms with Crippen molar-refractivity contribution < 1.29 is 9.59 Å². The molecule has 0 unspecified atom stereocenters. The Kier molecular flexibility index (Phi) is 5.41. The van der Waals surface area contributed by atoms with Crippen molar-refractivity contribution in [2.45, 2.75) is 13.8 Å². The largest absolute Gasteiger partial charge is 0.339 e. The van der Waals surface area contributed by atoms with Crippen LogP contribution in [0.2, 0.25) is 0 Å². The van der Waals surface area contributed by atoms with E-state index in [4.69, 9.17) is 0 Å². The fourth-order valence-corrected chi connectivity index (χ4v) is 2.37. The lowest BCUT2D eigenvalue weighted by Gasteiger charge is -2.09. The van der Waals surface area contributed by atoms with Crippen LogP contribution in [-0.2, 0) is 4.79 Å². The zero-order valence-corrected chi connectivity index (χ0v) is 15.0. The molecule has 0 aliphatic heterocycles. The summed E-state index contributed by atoms with van der Waals surface area (Å²) in [7, 11) is 0. The van der Waals surface area contributed by atoms with Crippen LogP contribution in [0.3, 0.4) is 0 Å². The van der Waals surface area contributed by atoms with E-state index in [2.05, 4.69) is 25.9 Å². The van der Waals surface area contributed by atoms with Gasteiger partial charge in [-0.3, -0.25) is 9.59 Å². The van der Waals surface area contributed by atoms with Gasteiger partial charge < -0.3 is 16.0 Å². The highest BCUT2D eigenvalue weighted by atomic mass is 16.2. The van der Waals surface area contributed by atoms with Gasteiger partial charge in [0, 0.05) is 24.0 Å². The molecule has 0 saturated carbocycles. The minimum absolute atomic E-state index is 0.143. The van der Waals surface area contributed by atoms with E-state index in [9.17, 15) is 9.59 Å². The maximum absolute atomic E-state index is 12.2. The van der Waals surface area contributed by atoms with Crippen LogP contribution in [0.15, 0.2) is 60.9 Å². The van der Waals surface area contributed by atoms with Crippen molar-refractivity contribution in [3.8, 4) is 0 Å². The van der Waals surface area contributed by atoms with Gasteiger partial charge in [-0.05, 0) is 37.3 Å². The third-order valence-electron chi connectivity index (χ3n) is 3.65. The molecule has 0 saturated heterocycles. The van der Waals surface area contributed by atoms with Gasteiger partial charge in [0.25, 0.3) is 5.91 Å². The number of nitrogens with one attached hydrogen (secondary N) is 3. The quantitative estimate of drug-likeness (QED) is 0.643. The van der Waals surface area contributed by atoms with Gasteiger partial charge in [-0.25, -0.2) is 9.97 Å². The Bertz CT molecular complexity index is 953. The van der Waals surface area contributed by atoms with Crippen LogP contribution in [-0.4, -0.2) is 21.8 Å². The molecule has 3 N–H and O–H groups in total. The number of rotatable bonds is 5. The van der Waals surface area contributed by atoms with E-state index >= 15 is 0 Å². The second kappa shape index (κ2) is 8.09. The number of aromatic nitrogens is 2. The predicted octanol–water partition coefficient (Wildman–Crippen LogP) is 3.74. The van der Waals surface area contributed by atoms with E-state index in [0.717, 1.165) is 11.3 Å². The number of hydrogen-bond donors (Lipinski definition) is 3. The first-order valence-electron chi connectivity index (χ1n) is 8.34. The number of hydrogen-bond acceptors (Lipinski definition) is 5. The van der Waals surface area contributed by atoms with E-state index in [0.29, 0.717) is 17.2 Å². The Morgan fingerprint density at radius 2 is 1.59 bits per heavy atom. The molecule has 1 heterocycles.